The van der Waals surface area contributed by atoms with Crippen molar-refractivity contribution in [3.8, 4) is 17.2 Å². The van der Waals surface area contributed by atoms with Gasteiger partial charge in [-0.25, -0.2) is 0 Å². The van der Waals surface area contributed by atoms with Crippen LogP contribution in [-0.4, -0.2) is 19.9 Å². The van der Waals surface area contributed by atoms with Crippen molar-refractivity contribution in [1.29, 1.82) is 0 Å². The Hall–Kier alpha value is -3.18. The Morgan fingerprint density at radius 1 is 0.966 bits per heavy atom. The molecule has 0 atom stereocenters. The first kappa shape index (κ1) is 20.6. The van der Waals surface area contributed by atoms with Crippen LogP contribution in [-0.2, 0) is 6.61 Å². The van der Waals surface area contributed by atoms with E-state index in [1.807, 2.05) is 73.7 Å². The zero-order valence-electron chi connectivity index (χ0n) is 16.4. The number of nitrogens with zero attached hydrogens (tertiary/aromatic N) is 1. The van der Waals surface area contributed by atoms with E-state index < -0.39 is 0 Å². The maximum Gasteiger partial charge on any atom is 0.161 e. The molecule has 6 heteroatoms. The quantitative estimate of drug-likeness (QED) is 0.359. The van der Waals surface area contributed by atoms with Crippen molar-refractivity contribution < 1.29 is 14.2 Å². The van der Waals surface area contributed by atoms with Gasteiger partial charge in [-0.1, -0.05) is 29.8 Å². The molecule has 3 aromatic rings. The first-order valence-corrected chi connectivity index (χ1v) is 9.63. The standard InChI is InChI=1S/C23H23ClN2O3/c1-3-28-23-14-17(15-25-26-19-9-11-20(27-2)12-10-19)8-13-22(23)29-16-18-6-4-5-7-21(18)24/h4-15,26H,3,16H2,1-2H3/b25-15+. The van der Waals surface area contributed by atoms with E-state index in [9.17, 15) is 0 Å². The van der Waals surface area contributed by atoms with Gasteiger partial charge in [-0.2, -0.15) is 5.10 Å². The van der Waals surface area contributed by atoms with Crippen LogP contribution in [0.25, 0.3) is 0 Å². The summed E-state index contributed by atoms with van der Waals surface area (Å²) >= 11 is 6.20. The topological polar surface area (TPSA) is 52.1 Å². The SMILES string of the molecule is CCOc1cc(/C=N/Nc2ccc(OC)cc2)ccc1OCc1ccccc1Cl. The monoisotopic (exact) mass is 410 g/mol. The van der Waals surface area contributed by atoms with E-state index in [2.05, 4.69) is 10.5 Å². The minimum absolute atomic E-state index is 0.367. The fraction of sp³-hybridized carbons (Fsp3) is 0.174. The van der Waals surface area contributed by atoms with Crippen LogP contribution in [0.2, 0.25) is 5.02 Å². The lowest BCUT2D eigenvalue weighted by Crippen LogP contribution is -2.01. The van der Waals surface area contributed by atoms with Gasteiger partial charge < -0.3 is 14.2 Å². The fourth-order valence-corrected chi connectivity index (χ4v) is 2.80. The van der Waals surface area contributed by atoms with E-state index in [1.165, 1.54) is 0 Å². The van der Waals surface area contributed by atoms with Gasteiger partial charge in [0.1, 0.15) is 12.4 Å². The van der Waals surface area contributed by atoms with Gasteiger partial charge in [0.15, 0.2) is 11.5 Å². The summed E-state index contributed by atoms with van der Waals surface area (Å²) in [7, 11) is 1.64. The van der Waals surface area contributed by atoms with Crippen molar-refractivity contribution >= 4 is 23.5 Å². The molecule has 0 spiro atoms. The summed E-state index contributed by atoms with van der Waals surface area (Å²) in [4.78, 5) is 0. The second-order valence-corrected chi connectivity index (χ2v) is 6.52. The molecule has 3 rings (SSSR count). The van der Waals surface area contributed by atoms with E-state index >= 15 is 0 Å². The molecule has 0 saturated carbocycles. The summed E-state index contributed by atoms with van der Waals surface area (Å²) in [6.45, 7) is 2.84. The predicted molar refractivity (Wildman–Crippen MR) is 118 cm³/mol. The molecule has 0 aliphatic rings. The van der Waals surface area contributed by atoms with Crippen LogP contribution in [0.3, 0.4) is 0 Å². The number of nitrogens with one attached hydrogen (secondary N) is 1. The van der Waals surface area contributed by atoms with Gasteiger partial charge in [-0.15, -0.1) is 0 Å². The van der Waals surface area contributed by atoms with Gasteiger partial charge in [0.05, 0.1) is 25.6 Å². The Bertz CT molecular complexity index is 959. The second kappa shape index (κ2) is 10.4. The van der Waals surface area contributed by atoms with Gasteiger partial charge in [0.25, 0.3) is 0 Å². The average molecular weight is 411 g/mol. The number of anilines is 1. The van der Waals surface area contributed by atoms with Crippen LogP contribution < -0.4 is 19.6 Å². The van der Waals surface area contributed by atoms with Gasteiger partial charge in [0.2, 0.25) is 0 Å². The molecule has 3 aromatic carbocycles. The molecule has 0 heterocycles. The van der Waals surface area contributed by atoms with Crippen LogP contribution in [0, 0.1) is 0 Å². The van der Waals surface area contributed by atoms with Crippen molar-refractivity contribution in [2.24, 2.45) is 5.10 Å². The Kier molecular flexibility index (Phi) is 7.36. The zero-order chi connectivity index (χ0) is 20.5. The predicted octanol–water partition coefficient (Wildman–Crippen LogP) is 5.77. The molecule has 0 saturated heterocycles. The Labute approximate surface area is 175 Å². The number of ether oxygens (including phenoxy) is 3. The number of hydrogen-bond donors (Lipinski definition) is 1. The molecule has 150 valence electrons. The lowest BCUT2D eigenvalue weighted by atomic mass is 10.2. The van der Waals surface area contributed by atoms with Crippen LogP contribution in [0.15, 0.2) is 71.8 Å². The van der Waals surface area contributed by atoms with E-state index in [0.717, 1.165) is 22.6 Å². The normalized spacial score (nSPS) is 10.7. The number of hydrogen-bond acceptors (Lipinski definition) is 5. The number of rotatable bonds is 9. The lowest BCUT2D eigenvalue weighted by Gasteiger charge is -2.13. The van der Waals surface area contributed by atoms with Crippen LogP contribution in [0.4, 0.5) is 5.69 Å². The van der Waals surface area contributed by atoms with Gasteiger partial charge >= 0.3 is 0 Å². The second-order valence-electron chi connectivity index (χ2n) is 6.12. The molecule has 1 N–H and O–H groups in total. The number of methoxy groups -OCH3 is 1. The molecular weight excluding hydrogens is 388 g/mol. The fourth-order valence-electron chi connectivity index (χ4n) is 2.61. The molecule has 0 amide bonds. The Morgan fingerprint density at radius 3 is 2.48 bits per heavy atom. The molecule has 0 unspecified atom stereocenters. The van der Waals surface area contributed by atoms with Crippen molar-refractivity contribution in [2.45, 2.75) is 13.5 Å². The summed E-state index contributed by atoms with van der Waals surface area (Å²) in [5.41, 5.74) is 5.67. The highest BCUT2D eigenvalue weighted by atomic mass is 35.5. The van der Waals surface area contributed by atoms with Gasteiger partial charge in [-0.05, 0) is 61.0 Å². The van der Waals surface area contributed by atoms with Gasteiger partial charge in [-0.3, -0.25) is 5.43 Å². The molecule has 0 aromatic heterocycles. The van der Waals surface area contributed by atoms with E-state index in [-0.39, 0.29) is 0 Å². The van der Waals surface area contributed by atoms with Crippen molar-refractivity contribution in [3.63, 3.8) is 0 Å². The largest absolute Gasteiger partial charge is 0.497 e. The van der Waals surface area contributed by atoms with Crippen molar-refractivity contribution in [3.05, 3.63) is 82.9 Å². The third kappa shape index (κ3) is 5.90. The highest BCUT2D eigenvalue weighted by Crippen LogP contribution is 2.29. The van der Waals surface area contributed by atoms with E-state index in [4.69, 9.17) is 25.8 Å². The lowest BCUT2D eigenvalue weighted by molar-refractivity contribution is 0.269. The molecule has 0 aliphatic heterocycles. The molecular formula is C23H23ClN2O3. The molecule has 0 bridgehead atoms. The molecule has 0 fully saturated rings. The maximum atomic E-state index is 6.20. The minimum Gasteiger partial charge on any atom is -0.497 e. The zero-order valence-corrected chi connectivity index (χ0v) is 17.1. The van der Waals surface area contributed by atoms with E-state index in [1.54, 1.807) is 13.3 Å². The smallest absolute Gasteiger partial charge is 0.161 e. The number of halogens is 1. The van der Waals surface area contributed by atoms with Crippen LogP contribution in [0.5, 0.6) is 17.2 Å². The van der Waals surface area contributed by atoms with Crippen molar-refractivity contribution in [1.82, 2.24) is 0 Å². The van der Waals surface area contributed by atoms with Crippen molar-refractivity contribution in [2.75, 3.05) is 19.1 Å². The Morgan fingerprint density at radius 2 is 1.76 bits per heavy atom. The minimum atomic E-state index is 0.367. The van der Waals surface area contributed by atoms with Gasteiger partial charge in [0, 0.05) is 10.6 Å². The maximum absolute atomic E-state index is 6.20. The number of hydrazone groups is 1. The summed E-state index contributed by atoms with van der Waals surface area (Å²) in [5.74, 6) is 2.12. The molecule has 5 nitrogen and oxygen atoms in total. The highest BCUT2D eigenvalue weighted by molar-refractivity contribution is 6.31. The highest BCUT2D eigenvalue weighted by Gasteiger charge is 2.08. The Balaban J connectivity index is 1.67. The molecule has 0 radical (unpaired) electrons. The van der Waals surface area contributed by atoms with E-state index in [0.29, 0.717) is 29.7 Å². The summed E-state index contributed by atoms with van der Waals surface area (Å²) in [6, 6.07) is 20.8. The average Bonchev–Trinajstić information content (AvgIpc) is 2.75. The third-order valence-corrected chi connectivity index (χ3v) is 4.47. The first-order chi connectivity index (χ1) is 14.2. The summed E-state index contributed by atoms with van der Waals surface area (Å²) < 4.78 is 16.8. The van der Waals surface area contributed by atoms with Crippen LogP contribution in [0.1, 0.15) is 18.1 Å². The third-order valence-electron chi connectivity index (χ3n) is 4.11. The molecule has 29 heavy (non-hydrogen) atoms. The molecule has 0 aliphatic carbocycles. The summed E-state index contributed by atoms with van der Waals surface area (Å²) in [5, 5.41) is 4.95. The number of benzene rings is 3. The first-order valence-electron chi connectivity index (χ1n) is 9.25. The van der Waals surface area contributed by atoms with Crippen LogP contribution >= 0.6 is 11.6 Å². The summed E-state index contributed by atoms with van der Waals surface area (Å²) in [6.07, 6.45) is 1.73.